The largest absolute Gasteiger partial charge is 0.350 e. The molecule has 1 aromatic heterocycles. The molecule has 0 bridgehead atoms. The van der Waals surface area contributed by atoms with Gasteiger partial charge in [0.1, 0.15) is 5.69 Å². The van der Waals surface area contributed by atoms with Crippen molar-refractivity contribution in [3.63, 3.8) is 0 Å². The number of carbonyl (C=O) groups is 1. The summed E-state index contributed by atoms with van der Waals surface area (Å²) in [6.45, 7) is 0.341. The molecule has 0 aliphatic heterocycles. The summed E-state index contributed by atoms with van der Waals surface area (Å²) in [6, 6.07) is 19.8. The fourth-order valence-corrected chi connectivity index (χ4v) is 4.06. The van der Waals surface area contributed by atoms with Crippen LogP contribution in [0.5, 0.6) is 0 Å². The molecule has 0 unspecified atom stereocenters. The van der Waals surface area contributed by atoms with E-state index in [0.717, 1.165) is 5.56 Å². The molecule has 0 aliphatic rings. The molecular weight excluding hydrogens is 499 g/mol. The van der Waals surface area contributed by atoms with Crippen LogP contribution in [0.4, 0.5) is 5.69 Å². The molecule has 0 saturated carbocycles. The zero-order valence-corrected chi connectivity index (χ0v) is 19.8. The Morgan fingerprint density at radius 1 is 0.971 bits per heavy atom. The zero-order valence-electron chi connectivity index (χ0n) is 17.5. The van der Waals surface area contributed by atoms with Gasteiger partial charge in [0.15, 0.2) is 0 Å². The Kier molecular flexibility index (Phi) is 7.17. The van der Waals surface area contributed by atoms with E-state index >= 15 is 0 Å². The van der Waals surface area contributed by atoms with Gasteiger partial charge < -0.3 is 5.32 Å². The Balaban J connectivity index is 1.61. The third-order valence-corrected chi connectivity index (χ3v) is 5.89. The molecule has 7 nitrogen and oxygen atoms in total. The van der Waals surface area contributed by atoms with E-state index in [1.54, 1.807) is 54.6 Å². The van der Waals surface area contributed by atoms with Crippen molar-refractivity contribution in [2.24, 2.45) is 0 Å². The maximum Gasteiger partial charge on any atom is 0.270 e. The molecule has 1 N–H and O–H groups in total. The summed E-state index contributed by atoms with van der Waals surface area (Å²) in [5.74, 6) is -0.342. The molecule has 0 fully saturated rings. The third-order valence-electron chi connectivity index (χ3n) is 5.06. The highest BCUT2D eigenvalue weighted by Gasteiger charge is 2.18. The second kappa shape index (κ2) is 10.3. The van der Waals surface area contributed by atoms with Crippen LogP contribution in [0, 0.1) is 10.1 Å². The summed E-state index contributed by atoms with van der Waals surface area (Å²) in [6.07, 6.45) is 0.516. The number of rotatable bonds is 7. The van der Waals surface area contributed by atoms with Crippen LogP contribution in [0.2, 0.25) is 15.1 Å². The molecule has 3 aromatic carbocycles. The van der Waals surface area contributed by atoms with Gasteiger partial charge >= 0.3 is 0 Å². The summed E-state index contributed by atoms with van der Waals surface area (Å²) in [4.78, 5) is 23.6. The van der Waals surface area contributed by atoms with Gasteiger partial charge in [0.25, 0.3) is 11.6 Å². The van der Waals surface area contributed by atoms with Crippen molar-refractivity contribution in [1.29, 1.82) is 0 Å². The average Bonchev–Trinajstić information content (AvgIpc) is 3.26. The zero-order chi connectivity index (χ0) is 24.2. The fourth-order valence-electron chi connectivity index (χ4n) is 3.37. The number of nitro benzene ring substituents is 1. The summed E-state index contributed by atoms with van der Waals surface area (Å²) >= 11 is 18.3. The lowest BCUT2D eigenvalue weighted by atomic mass is 10.1. The number of halogens is 3. The Morgan fingerprint density at radius 2 is 1.71 bits per heavy atom. The first kappa shape index (κ1) is 23.8. The molecule has 1 heterocycles. The van der Waals surface area contributed by atoms with Gasteiger partial charge in [0.2, 0.25) is 0 Å². The lowest BCUT2D eigenvalue weighted by molar-refractivity contribution is -0.384. The highest BCUT2D eigenvalue weighted by Crippen LogP contribution is 2.25. The van der Waals surface area contributed by atoms with E-state index in [0.29, 0.717) is 45.0 Å². The maximum absolute atomic E-state index is 13.1. The second-order valence-electron chi connectivity index (χ2n) is 7.35. The monoisotopic (exact) mass is 514 g/mol. The molecule has 0 radical (unpaired) electrons. The minimum absolute atomic E-state index is 0.0307. The first-order valence-electron chi connectivity index (χ1n) is 10.1. The van der Waals surface area contributed by atoms with E-state index in [4.69, 9.17) is 34.8 Å². The van der Waals surface area contributed by atoms with Crippen LogP contribution >= 0.6 is 34.8 Å². The predicted octanol–water partition coefficient (Wildman–Crippen LogP) is 6.38. The van der Waals surface area contributed by atoms with E-state index in [1.807, 2.05) is 6.07 Å². The molecule has 4 rings (SSSR count). The predicted molar refractivity (Wildman–Crippen MR) is 133 cm³/mol. The number of hydrogen-bond donors (Lipinski definition) is 1. The van der Waals surface area contributed by atoms with Crippen LogP contribution in [0.25, 0.3) is 16.9 Å². The molecule has 10 heteroatoms. The summed E-state index contributed by atoms with van der Waals surface area (Å²) in [7, 11) is 0. The van der Waals surface area contributed by atoms with Crippen LogP contribution in [-0.4, -0.2) is 27.2 Å². The number of nitrogens with zero attached hydrogens (tertiary/aromatic N) is 3. The average molecular weight is 516 g/mol. The third kappa shape index (κ3) is 5.39. The lowest BCUT2D eigenvalue weighted by Gasteiger charge is -2.09. The van der Waals surface area contributed by atoms with Gasteiger partial charge in [-0.1, -0.05) is 46.9 Å². The second-order valence-corrected chi connectivity index (χ2v) is 8.63. The van der Waals surface area contributed by atoms with E-state index in [2.05, 4.69) is 10.4 Å². The summed E-state index contributed by atoms with van der Waals surface area (Å²) < 4.78 is 1.49. The highest BCUT2D eigenvalue weighted by atomic mass is 35.5. The van der Waals surface area contributed by atoms with Crippen LogP contribution in [-0.2, 0) is 6.42 Å². The lowest BCUT2D eigenvalue weighted by Crippen LogP contribution is -2.27. The first-order valence-corrected chi connectivity index (χ1v) is 11.3. The molecule has 0 atom stereocenters. The molecule has 0 saturated heterocycles. The van der Waals surface area contributed by atoms with Crippen molar-refractivity contribution in [2.45, 2.75) is 6.42 Å². The van der Waals surface area contributed by atoms with Crippen LogP contribution < -0.4 is 5.32 Å². The SMILES string of the molecule is O=C(NCCc1ccc(Cl)cc1Cl)c1cc(-c2ccc([N+](=O)[O-])cc2)nn1-c1cccc(Cl)c1. The van der Waals surface area contributed by atoms with Gasteiger partial charge in [0.05, 0.1) is 16.3 Å². The summed E-state index contributed by atoms with van der Waals surface area (Å²) in [5.41, 5.74) is 2.84. The minimum atomic E-state index is -0.472. The molecule has 1 amide bonds. The van der Waals surface area contributed by atoms with Crippen LogP contribution in [0.3, 0.4) is 0 Å². The molecule has 172 valence electrons. The van der Waals surface area contributed by atoms with Crippen LogP contribution in [0.1, 0.15) is 16.1 Å². The summed E-state index contributed by atoms with van der Waals surface area (Å²) in [5, 5.41) is 20.0. The van der Waals surface area contributed by atoms with E-state index < -0.39 is 4.92 Å². The van der Waals surface area contributed by atoms with Gasteiger partial charge in [-0.15, -0.1) is 0 Å². The van der Waals surface area contributed by atoms with Gasteiger partial charge in [-0.25, -0.2) is 4.68 Å². The Labute approximate surface area is 210 Å². The normalized spacial score (nSPS) is 10.8. The Hall–Kier alpha value is -3.39. The van der Waals surface area contributed by atoms with Gasteiger partial charge in [-0.2, -0.15) is 5.10 Å². The van der Waals surface area contributed by atoms with Crippen molar-refractivity contribution in [2.75, 3.05) is 6.54 Å². The number of nitrogens with one attached hydrogen (secondary N) is 1. The van der Waals surface area contributed by atoms with E-state index in [9.17, 15) is 14.9 Å². The molecular formula is C24H17Cl3N4O3. The Morgan fingerprint density at radius 3 is 2.38 bits per heavy atom. The van der Waals surface area contributed by atoms with Gasteiger partial charge in [-0.05, 0) is 60.5 Å². The van der Waals surface area contributed by atoms with E-state index in [1.165, 1.54) is 16.8 Å². The quantitative estimate of drug-likeness (QED) is 0.228. The maximum atomic E-state index is 13.1. The van der Waals surface area contributed by atoms with Crippen molar-refractivity contribution in [3.8, 4) is 16.9 Å². The number of carbonyl (C=O) groups excluding carboxylic acids is 1. The molecule has 4 aromatic rings. The number of hydrogen-bond acceptors (Lipinski definition) is 4. The van der Waals surface area contributed by atoms with Crippen molar-refractivity contribution < 1.29 is 9.72 Å². The minimum Gasteiger partial charge on any atom is -0.350 e. The van der Waals surface area contributed by atoms with Gasteiger partial charge in [0, 0.05) is 39.3 Å². The smallest absolute Gasteiger partial charge is 0.270 e. The van der Waals surface area contributed by atoms with Crippen molar-refractivity contribution in [3.05, 3.63) is 109 Å². The fraction of sp³-hybridized carbons (Fsp3) is 0.0833. The molecule has 34 heavy (non-hydrogen) atoms. The van der Waals surface area contributed by atoms with Crippen molar-refractivity contribution >= 4 is 46.4 Å². The number of nitro groups is 1. The molecule has 0 spiro atoms. The number of non-ortho nitro benzene ring substituents is 1. The number of amides is 1. The van der Waals surface area contributed by atoms with Gasteiger partial charge in [-0.3, -0.25) is 14.9 Å². The van der Waals surface area contributed by atoms with Crippen LogP contribution in [0.15, 0.2) is 72.8 Å². The number of aromatic nitrogens is 2. The van der Waals surface area contributed by atoms with Crippen molar-refractivity contribution in [1.82, 2.24) is 15.1 Å². The topological polar surface area (TPSA) is 90.1 Å². The molecule has 0 aliphatic carbocycles. The first-order chi connectivity index (χ1) is 16.3. The number of benzene rings is 3. The standard InChI is InChI=1S/C24H17Cl3N4O3/c25-17-2-1-3-20(12-17)30-23(14-22(29-30)16-5-8-19(9-6-16)31(33)34)24(32)28-11-10-15-4-7-18(26)13-21(15)27/h1-9,12-14H,10-11H2,(H,28,32). The Bertz CT molecular complexity index is 1370. The van der Waals surface area contributed by atoms with E-state index in [-0.39, 0.29) is 17.3 Å². The highest BCUT2D eigenvalue weighted by molar-refractivity contribution is 6.35.